The molecule has 4 nitrogen and oxygen atoms in total. The van der Waals surface area contributed by atoms with Gasteiger partial charge in [0.15, 0.2) is 0 Å². The predicted molar refractivity (Wildman–Crippen MR) is 144 cm³/mol. The Balaban J connectivity index is 1.68. The van der Waals surface area contributed by atoms with Crippen LogP contribution >= 0.6 is 0 Å². The average molecular weight is 485 g/mol. The SMILES string of the molecule is CCCCCC12CCC(c3c(OC)cc(-c4ccc(OCCCC)cc4)c(C#N)c3C#N)(CC1)CC2. The van der Waals surface area contributed by atoms with Gasteiger partial charge in [0.2, 0.25) is 0 Å². The number of fused-ring (bicyclic) bond motifs is 3. The Morgan fingerprint density at radius 3 is 2.03 bits per heavy atom. The van der Waals surface area contributed by atoms with Crippen molar-refractivity contribution in [2.45, 2.75) is 96.3 Å². The van der Waals surface area contributed by atoms with Crippen molar-refractivity contribution in [1.82, 2.24) is 0 Å². The van der Waals surface area contributed by atoms with Crippen LogP contribution in [-0.2, 0) is 5.41 Å². The van der Waals surface area contributed by atoms with Gasteiger partial charge in [-0.3, -0.25) is 0 Å². The van der Waals surface area contributed by atoms with Crippen molar-refractivity contribution in [2.24, 2.45) is 5.41 Å². The molecule has 0 aromatic heterocycles. The lowest BCUT2D eigenvalue weighted by atomic mass is 9.50. The van der Waals surface area contributed by atoms with Gasteiger partial charge < -0.3 is 9.47 Å². The number of hydrogen-bond acceptors (Lipinski definition) is 4. The number of benzene rings is 2. The van der Waals surface area contributed by atoms with Crippen LogP contribution in [0.3, 0.4) is 0 Å². The van der Waals surface area contributed by atoms with Crippen molar-refractivity contribution in [3.05, 3.63) is 47.0 Å². The molecule has 3 aliphatic carbocycles. The second kappa shape index (κ2) is 11.4. The number of hydrogen-bond donors (Lipinski definition) is 0. The Morgan fingerprint density at radius 2 is 1.47 bits per heavy atom. The van der Waals surface area contributed by atoms with Crippen LogP contribution in [0.1, 0.15) is 108 Å². The Labute approximate surface area is 217 Å². The van der Waals surface area contributed by atoms with Crippen molar-refractivity contribution < 1.29 is 9.47 Å². The Bertz CT molecular complexity index is 1110. The summed E-state index contributed by atoms with van der Waals surface area (Å²) in [6.07, 6.45) is 14.2. The summed E-state index contributed by atoms with van der Waals surface area (Å²) in [5.41, 5.74) is 4.03. The Kier molecular flexibility index (Phi) is 8.25. The van der Waals surface area contributed by atoms with Crippen LogP contribution in [0.15, 0.2) is 30.3 Å². The molecule has 190 valence electrons. The topological polar surface area (TPSA) is 66.0 Å². The summed E-state index contributed by atoms with van der Waals surface area (Å²) in [5.74, 6) is 1.57. The van der Waals surface area contributed by atoms with Gasteiger partial charge in [-0.25, -0.2) is 0 Å². The lowest BCUT2D eigenvalue weighted by Crippen LogP contribution is -2.44. The van der Waals surface area contributed by atoms with Crippen LogP contribution in [0.5, 0.6) is 11.5 Å². The van der Waals surface area contributed by atoms with Crippen molar-refractivity contribution >= 4 is 0 Å². The molecule has 0 aliphatic heterocycles. The summed E-state index contributed by atoms with van der Waals surface area (Å²) in [6, 6.07) is 14.7. The quantitative estimate of drug-likeness (QED) is 0.300. The zero-order valence-electron chi connectivity index (χ0n) is 22.3. The monoisotopic (exact) mass is 484 g/mol. The molecule has 4 heteroatoms. The molecule has 2 aromatic carbocycles. The Morgan fingerprint density at radius 1 is 0.833 bits per heavy atom. The molecule has 3 fully saturated rings. The maximum atomic E-state index is 10.4. The summed E-state index contributed by atoms with van der Waals surface area (Å²) >= 11 is 0. The number of nitrogens with zero attached hydrogens (tertiary/aromatic N) is 2. The maximum Gasteiger partial charge on any atom is 0.124 e. The van der Waals surface area contributed by atoms with Crippen LogP contribution in [-0.4, -0.2) is 13.7 Å². The highest BCUT2D eigenvalue weighted by Crippen LogP contribution is 2.61. The van der Waals surface area contributed by atoms with Crippen molar-refractivity contribution in [2.75, 3.05) is 13.7 Å². The van der Waals surface area contributed by atoms with Gasteiger partial charge in [0.05, 0.1) is 24.8 Å². The number of nitriles is 2. The second-order valence-electron chi connectivity index (χ2n) is 10.9. The number of methoxy groups -OCH3 is 1. The van der Waals surface area contributed by atoms with E-state index in [0.717, 1.165) is 60.3 Å². The molecular formula is C32H40N2O2. The summed E-state index contributed by atoms with van der Waals surface area (Å²) in [5, 5.41) is 20.6. The fraction of sp³-hybridized carbons (Fsp3) is 0.562. The first-order valence-electron chi connectivity index (χ1n) is 13.8. The second-order valence-corrected chi connectivity index (χ2v) is 10.9. The molecule has 0 N–H and O–H groups in total. The molecule has 0 unspecified atom stereocenters. The molecule has 3 aliphatic rings. The zero-order chi connectivity index (χ0) is 25.6. The maximum absolute atomic E-state index is 10.4. The summed E-state index contributed by atoms with van der Waals surface area (Å²) in [6.45, 7) is 5.11. The van der Waals surface area contributed by atoms with Gasteiger partial charge in [-0.2, -0.15) is 10.5 Å². The first-order valence-corrected chi connectivity index (χ1v) is 13.8. The third kappa shape index (κ3) is 4.97. The van der Waals surface area contributed by atoms with Crippen molar-refractivity contribution in [3.63, 3.8) is 0 Å². The van der Waals surface area contributed by atoms with Gasteiger partial charge in [0.1, 0.15) is 23.6 Å². The minimum atomic E-state index is -0.0655. The molecule has 0 saturated heterocycles. The highest BCUT2D eigenvalue weighted by molar-refractivity contribution is 5.78. The summed E-state index contributed by atoms with van der Waals surface area (Å²) in [7, 11) is 1.69. The summed E-state index contributed by atoms with van der Waals surface area (Å²) < 4.78 is 11.8. The van der Waals surface area contributed by atoms with Crippen LogP contribution < -0.4 is 9.47 Å². The zero-order valence-corrected chi connectivity index (χ0v) is 22.3. The van der Waals surface area contributed by atoms with Gasteiger partial charge in [-0.1, -0.05) is 51.7 Å². The number of unbranched alkanes of at least 4 members (excludes halogenated alkanes) is 3. The third-order valence-electron chi connectivity index (χ3n) is 8.91. The molecule has 0 radical (unpaired) electrons. The van der Waals surface area contributed by atoms with E-state index in [4.69, 9.17) is 9.47 Å². The fourth-order valence-electron chi connectivity index (χ4n) is 6.63. The van der Waals surface area contributed by atoms with E-state index in [9.17, 15) is 10.5 Å². The fourth-order valence-corrected chi connectivity index (χ4v) is 6.63. The molecule has 0 spiro atoms. The van der Waals surface area contributed by atoms with Crippen molar-refractivity contribution in [3.8, 4) is 34.8 Å². The highest BCUT2D eigenvalue weighted by Gasteiger charge is 2.51. The van der Waals surface area contributed by atoms with Crippen LogP contribution in [0.2, 0.25) is 0 Å². The molecular weight excluding hydrogens is 444 g/mol. The number of ether oxygens (including phenoxy) is 2. The van der Waals surface area contributed by atoms with Gasteiger partial charge in [-0.15, -0.1) is 0 Å². The number of rotatable bonds is 11. The van der Waals surface area contributed by atoms with Gasteiger partial charge in [0, 0.05) is 16.5 Å². The normalized spacial score (nSPS) is 22.6. The molecule has 36 heavy (non-hydrogen) atoms. The molecule has 3 saturated carbocycles. The van der Waals surface area contributed by atoms with Gasteiger partial charge >= 0.3 is 0 Å². The first-order chi connectivity index (χ1) is 17.5. The van der Waals surface area contributed by atoms with E-state index >= 15 is 0 Å². The average Bonchev–Trinajstić information content (AvgIpc) is 2.93. The molecule has 2 aromatic rings. The van der Waals surface area contributed by atoms with Gasteiger partial charge in [-0.05, 0) is 80.5 Å². The van der Waals surface area contributed by atoms with E-state index in [-0.39, 0.29) is 5.41 Å². The molecule has 2 bridgehead atoms. The van der Waals surface area contributed by atoms with Crippen molar-refractivity contribution in [1.29, 1.82) is 10.5 Å². The molecule has 0 atom stereocenters. The summed E-state index contributed by atoms with van der Waals surface area (Å²) in [4.78, 5) is 0. The predicted octanol–water partition coefficient (Wildman–Crippen LogP) is 8.46. The van der Waals surface area contributed by atoms with Gasteiger partial charge in [0.25, 0.3) is 0 Å². The first kappa shape index (κ1) is 26.1. The van der Waals surface area contributed by atoms with Crippen LogP contribution in [0.25, 0.3) is 11.1 Å². The Hall–Kier alpha value is -2.98. The lowest BCUT2D eigenvalue weighted by Gasteiger charge is -2.54. The van der Waals surface area contributed by atoms with E-state index in [1.165, 1.54) is 44.9 Å². The van der Waals surface area contributed by atoms with E-state index in [0.29, 0.717) is 23.1 Å². The molecule has 5 rings (SSSR count). The van der Waals surface area contributed by atoms with Crippen LogP contribution in [0.4, 0.5) is 0 Å². The standard InChI is InChI=1S/C32H40N2O2/c1-4-6-8-13-31-14-17-32(18-15-31,19-16-31)30-28(23-34)27(22-33)26(21-29(30)35-3)24-9-11-25(12-10-24)36-20-7-5-2/h9-12,21H,4-8,13-20H2,1-3H3. The van der Waals surface area contributed by atoms with Crippen LogP contribution in [0, 0.1) is 28.1 Å². The van der Waals surface area contributed by atoms with E-state index in [1.54, 1.807) is 7.11 Å². The minimum absolute atomic E-state index is 0.0655. The minimum Gasteiger partial charge on any atom is -0.496 e. The largest absolute Gasteiger partial charge is 0.496 e. The lowest BCUT2D eigenvalue weighted by molar-refractivity contribution is 0.0293. The van der Waals surface area contributed by atoms with E-state index in [1.807, 2.05) is 30.3 Å². The highest BCUT2D eigenvalue weighted by atomic mass is 16.5. The molecule has 0 amide bonds. The van der Waals surface area contributed by atoms with E-state index in [2.05, 4.69) is 26.0 Å². The molecule has 0 heterocycles. The smallest absolute Gasteiger partial charge is 0.124 e. The van der Waals surface area contributed by atoms with E-state index < -0.39 is 0 Å². The third-order valence-corrected chi connectivity index (χ3v) is 8.91.